The van der Waals surface area contributed by atoms with Gasteiger partial charge in [0.2, 0.25) is 13.6 Å². The maximum absolute atomic E-state index is 11.6. The monoisotopic (exact) mass is 458 g/mol. The SMILES string of the molecule is CC(C)(C)C(=O)OCOC(=O)CCCCCCCCCCC(=O)OCOC(=O)C(C)(C)C. The third kappa shape index (κ3) is 16.6. The Morgan fingerprint density at radius 2 is 0.750 bits per heavy atom. The summed E-state index contributed by atoms with van der Waals surface area (Å²) >= 11 is 0. The molecule has 0 aliphatic carbocycles. The second-order valence-corrected chi connectivity index (χ2v) is 9.96. The summed E-state index contributed by atoms with van der Waals surface area (Å²) in [7, 11) is 0. The molecule has 0 atom stereocenters. The first-order valence-electron chi connectivity index (χ1n) is 11.5. The number of ether oxygens (including phenoxy) is 4. The molecule has 0 N–H and O–H groups in total. The van der Waals surface area contributed by atoms with Gasteiger partial charge in [0, 0.05) is 12.8 Å². The highest BCUT2D eigenvalue weighted by molar-refractivity contribution is 5.76. The molecule has 0 aromatic rings. The smallest absolute Gasteiger partial charge is 0.314 e. The molecule has 186 valence electrons. The van der Waals surface area contributed by atoms with Gasteiger partial charge in [0.05, 0.1) is 10.8 Å². The van der Waals surface area contributed by atoms with Crippen LogP contribution in [0.1, 0.15) is 106 Å². The van der Waals surface area contributed by atoms with Crippen molar-refractivity contribution in [2.75, 3.05) is 13.6 Å². The van der Waals surface area contributed by atoms with Gasteiger partial charge in [-0.2, -0.15) is 0 Å². The molecule has 0 spiro atoms. The van der Waals surface area contributed by atoms with E-state index in [1.807, 2.05) is 0 Å². The molecule has 0 rings (SSSR count). The zero-order valence-corrected chi connectivity index (χ0v) is 20.8. The molecule has 8 heteroatoms. The molecule has 0 aromatic carbocycles. The zero-order valence-electron chi connectivity index (χ0n) is 20.8. The molecule has 0 aliphatic heterocycles. The first-order chi connectivity index (χ1) is 14.8. The van der Waals surface area contributed by atoms with E-state index in [-0.39, 0.29) is 25.5 Å². The Hall–Kier alpha value is -2.12. The van der Waals surface area contributed by atoms with E-state index in [1.54, 1.807) is 41.5 Å². The number of rotatable bonds is 15. The molecule has 0 bridgehead atoms. The van der Waals surface area contributed by atoms with Gasteiger partial charge in [-0.25, -0.2) is 0 Å². The Morgan fingerprint density at radius 1 is 0.469 bits per heavy atom. The van der Waals surface area contributed by atoms with Crippen LogP contribution in [0.25, 0.3) is 0 Å². The number of unbranched alkanes of at least 4 members (excludes halogenated alkanes) is 7. The summed E-state index contributed by atoms with van der Waals surface area (Å²) in [6, 6.07) is 0. The van der Waals surface area contributed by atoms with Crippen molar-refractivity contribution in [3.8, 4) is 0 Å². The van der Waals surface area contributed by atoms with Crippen LogP contribution in [-0.2, 0) is 38.1 Å². The van der Waals surface area contributed by atoms with Crippen molar-refractivity contribution >= 4 is 23.9 Å². The van der Waals surface area contributed by atoms with E-state index in [0.29, 0.717) is 12.8 Å². The van der Waals surface area contributed by atoms with Crippen LogP contribution in [0.5, 0.6) is 0 Å². The molecule has 0 saturated heterocycles. The predicted molar refractivity (Wildman–Crippen MR) is 119 cm³/mol. The third-order valence-corrected chi connectivity index (χ3v) is 4.56. The van der Waals surface area contributed by atoms with Crippen LogP contribution in [0.3, 0.4) is 0 Å². The molecule has 0 aliphatic rings. The summed E-state index contributed by atoms with van der Waals surface area (Å²) < 4.78 is 19.6. The molecule has 0 heterocycles. The van der Waals surface area contributed by atoms with E-state index < -0.39 is 22.8 Å². The second kappa shape index (κ2) is 15.6. The average Bonchev–Trinajstić information content (AvgIpc) is 2.67. The normalized spacial score (nSPS) is 11.6. The van der Waals surface area contributed by atoms with Gasteiger partial charge >= 0.3 is 23.9 Å². The first-order valence-corrected chi connectivity index (χ1v) is 11.5. The van der Waals surface area contributed by atoms with Gasteiger partial charge in [-0.3, -0.25) is 19.2 Å². The molecule has 32 heavy (non-hydrogen) atoms. The Labute approximate surface area is 192 Å². The lowest BCUT2D eigenvalue weighted by molar-refractivity contribution is -0.174. The zero-order chi connectivity index (χ0) is 24.6. The minimum Gasteiger partial charge on any atom is -0.428 e. The lowest BCUT2D eigenvalue weighted by atomic mass is 9.97. The van der Waals surface area contributed by atoms with Gasteiger partial charge < -0.3 is 18.9 Å². The second-order valence-electron chi connectivity index (χ2n) is 9.96. The maximum atomic E-state index is 11.6. The summed E-state index contributed by atoms with van der Waals surface area (Å²) in [6.45, 7) is 9.76. The summed E-state index contributed by atoms with van der Waals surface area (Å²) in [6.07, 6.45) is 8.24. The Morgan fingerprint density at radius 3 is 1.03 bits per heavy atom. The highest BCUT2D eigenvalue weighted by Gasteiger charge is 2.24. The van der Waals surface area contributed by atoms with Crippen molar-refractivity contribution in [3.63, 3.8) is 0 Å². The highest BCUT2D eigenvalue weighted by Crippen LogP contribution is 2.16. The van der Waals surface area contributed by atoms with Crippen LogP contribution in [0.4, 0.5) is 0 Å². The topological polar surface area (TPSA) is 105 Å². The molecule has 0 saturated carbocycles. The van der Waals surface area contributed by atoms with Crippen LogP contribution in [0, 0.1) is 10.8 Å². The van der Waals surface area contributed by atoms with E-state index >= 15 is 0 Å². The summed E-state index contributed by atoms with van der Waals surface area (Å²) in [5.74, 6) is -1.51. The number of esters is 4. The number of hydrogen-bond acceptors (Lipinski definition) is 8. The van der Waals surface area contributed by atoms with Crippen molar-refractivity contribution in [1.82, 2.24) is 0 Å². The van der Waals surface area contributed by atoms with E-state index in [9.17, 15) is 19.2 Å². The molecular formula is C24H42O8. The van der Waals surface area contributed by atoms with Gasteiger partial charge in [-0.05, 0) is 54.4 Å². The summed E-state index contributed by atoms with van der Waals surface area (Å²) in [5, 5.41) is 0. The van der Waals surface area contributed by atoms with Crippen molar-refractivity contribution < 1.29 is 38.1 Å². The highest BCUT2D eigenvalue weighted by atomic mass is 16.7. The van der Waals surface area contributed by atoms with E-state index in [1.165, 1.54) is 0 Å². The van der Waals surface area contributed by atoms with Crippen molar-refractivity contribution in [2.24, 2.45) is 10.8 Å². The minimum absolute atomic E-state index is 0.320. The van der Waals surface area contributed by atoms with Gasteiger partial charge in [0.1, 0.15) is 0 Å². The molecule has 0 radical (unpaired) electrons. The lowest BCUT2D eigenvalue weighted by Gasteiger charge is -2.16. The van der Waals surface area contributed by atoms with E-state index in [4.69, 9.17) is 18.9 Å². The fourth-order valence-electron chi connectivity index (χ4n) is 2.47. The average molecular weight is 459 g/mol. The molecule has 0 fully saturated rings. The van der Waals surface area contributed by atoms with E-state index in [0.717, 1.165) is 51.4 Å². The molecule has 0 amide bonds. The third-order valence-electron chi connectivity index (χ3n) is 4.56. The number of carbonyl (C=O) groups excluding carboxylic acids is 4. The predicted octanol–water partition coefficient (Wildman–Crippen LogP) is 5.07. The largest absolute Gasteiger partial charge is 0.428 e. The maximum Gasteiger partial charge on any atom is 0.314 e. The van der Waals surface area contributed by atoms with Crippen LogP contribution >= 0.6 is 0 Å². The van der Waals surface area contributed by atoms with Crippen molar-refractivity contribution in [3.05, 3.63) is 0 Å². The molecule has 0 unspecified atom stereocenters. The van der Waals surface area contributed by atoms with Crippen LogP contribution in [0.15, 0.2) is 0 Å². The Kier molecular flexibility index (Phi) is 14.6. The van der Waals surface area contributed by atoms with Gasteiger partial charge in [-0.1, -0.05) is 38.5 Å². The van der Waals surface area contributed by atoms with Gasteiger partial charge in [0.15, 0.2) is 0 Å². The minimum atomic E-state index is -0.613. The molecular weight excluding hydrogens is 416 g/mol. The quantitative estimate of drug-likeness (QED) is 0.190. The van der Waals surface area contributed by atoms with Gasteiger partial charge in [-0.15, -0.1) is 0 Å². The standard InChI is InChI=1S/C24H42O8/c1-23(2,3)21(27)31-17-29-19(25)15-13-11-9-7-8-10-12-14-16-20(26)30-18-32-22(28)24(4,5)6/h7-18H2,1-6H3. The Balaban J connectivity index is 3.48. The van der Waals surface area contributed by atoms with Crippen LogP contribution in [0.2, 0.25) is 0 Å². The Bertz CT molecular complexity index is 532. The number of hydrogen-bond donors (Lipinski definition) is 0. The van der Waals surface area contributed by atoms with Crippen molar-refractivity contribution in [2.45, 2.75) is 106 Å². The number of carbonyl (C=O) groups is 4. The fourth-order valence-corrected chi connectivity index (χ4v) is 2.47. The summed E-state index contributed by atoms with van der Waals surface area (Å²) in [4.78, 5) is 46.3. The lowest BCUT2D eigenvalue weighted by Crippen LogP contribution is -2.24. The van der Waals surface area contributed by atoms with Crippen molar-refractivity contribution in [1.29, 1.82) is 0 Å². The van der Waals surface area contributed by atoms with Gasteiger partial charge in [0.25, 0.3) is 0 Å². The molecule has 8 nitrogen and oxygen atoms in total. The van der Waals surface area contributed by atoms with E-state index in [2.05, 4.69) is 0 Å². The van der Waals surface area contributed by atoms with Crippen LogP contribution in [-0.4, -0.2) is 37.5 Å². The fraction of sp³-hybridized carbons (Fsp3) is 0.833. The first kappa shape index (κ1) is 29.9. The van der Waals surface area contributed by atoms with Crippen LogP contribution < -0.4 is 0 Å². The molecule has 0 aromatic heterocycles. The summed E-state index contributed by atoms with van der Waals surface area (Å²) in [5.41, 5.74) is -1.23.